The number of hydrogen-bond donors (Lipinski definition) is 1. The van der Waals surface area contributed by atoms with Gasteiger partial charge >= 0.3 is 6.09 Å². The van der Waals surface area contributed by atoms with Crippen molar-refractivity contribution < 1.29 is 9.53 Å². The molecule has 1 N–H and O–H groups in total. The minimum atomic E-state index is -0.442. The summed E-state index contributed by atoms with van der Waals surface area (Å²) in [6.45, 7) is 9.33. The smallest absolute Gasteiger partial charge is 0.410 e. The summed E-state index contributed by atoms with van der Waals surface area (Å²) in [4.78, 5) is 13.5. The number of rotatable bonds is 6. The first-order chi connectivity index (χ1) is 10.2. The van der Waals surface area contributed by atoms with Crippen LogP contribution in [0.2, 0.25) is 0 Å². The molecule has 0 aliphatic rings. The summed E-state index contributed by atoms with van der Waals surface area (Å²) >= 11 is 2.31. The lowest BCUT2D eigenvalue weighted by molar-refractivity contribution is 0.0297. The van der Waals surface area contributed by atoms with Gasteiger partial charge in [0, 0.05) is 23.2 Å². The van der Waals surface area contributed by atoms with E-state index >= 15 is 0 Å². The van der Waals surface area contributed by atoms with Gasteiger partial charge in [0.15, 0.2) is 0 Å². The van der Waals surface area contributed by atoms with Crippen LogP contribution in [0.15, 0.2) is 24.3 Å². The van der Waals surface area contributed by atoms with Crippen LogP contribution in [0, 0.1) is 3.57 Å². The first-order valence-corrected chi connectivity index (χ1v) is 8.70. The highest BCUT2D eigenvalue weighted by Gasteiger charge is 2.19. The van der Waals surface area contributed by atoms with Crippen molar-refractivity contribution in [2.24, 2.45) is 0 Å². The molecule has 0 saturated heterocycles. The summed E-state index contributed by atoms with van der Waals surface area (Å²) in [7, 11) is 1.77. The standard InChI is InChI=1S/C17H27IN2O2/c1-13(14-7-9-15(18)10-8-14)19-11-6-12-20(5)16(21)22-17(2,3)4/h7-10,13,19H,6,11-12H2,1-5H3. The Hall–Kier alpha value is -0.820. The monoisotopic (exact) mass is 418 g/mol. The SMILES string of the molecule is CC(NCCCN(C)C(=O)OC(C)(C)C)c1ccc(I)cc1. The fourth-order valence-electron chi connectivity index (χ4n) is 1.94. The van der Waals surface area contributed by atoms with Gasteiger partial charge in [-0.05, 0) is 80.9 Å². The van der Waals surface area contributed by atoms with Crippen LogP contribution in [-0.4, -0.2) is 36.7 Å². The van der Waals surface area contributed by atoms with E-state index in [9.17, 15) is 4.79 Å². The van der Waals surface area contributed by atoms with Gasteiger partial charge in [-0.25, -0.2) is 4.79 Å². The van der Waals surface area contributed by atoms with Gasteiger partial charge in [0.2, 0.25) is 0 Å². The second-order valence-electron chi connectivity index (χ2n) is 6.48. The van der Waals surface area contributed by atoms with Crippen molar-refractivity contribution in [1.29, 1.82) is 0 Å². The predicted octanol–water partition coefficient (Wildman–Crippen LogP) is 4.20. The van der Waals surface area contributed by atoms with Crippen LogP contribution in [0.4, 0.5) is 4.79 Å². The van der Waals surface area contributed by atoms with Crippen molar-refractivity contribution in [2.45, 2.75) is 45.8 Å². The van der Waals surface area contributed by atoms with E-state index in [4.69, 9.17) is 4.74 Å². The zero-order valence-electron chi connectivity index (χ0n) is 14.1. The van der Waals surface area contributed by atoms with E-state index in [1.54, 1.807) is 11.9 Å². The van der Waals surface area contributed by atoms with Crippen LogP contribution in [0.5, 0.6) is 0 Å². The highest BCUT2D eigenvalue weighted by molar-refractivity contribution is 14.1. The second kappa shape index (κ2) is 8.72. The third-order valence-corrected chi connectivity index (χ3v) is 3.92. The van der Waals surface area contributed by atoms with E-state index < -0.39 is 5.60 Å². The van der Waals surface area contributed by atoms with Crippen LogP contribution in [-0.2, 0) is 4.74 Å². The first kappa shape index (κ1) is 19.2. The number of benzene rings is 1. The van der Waals surface area contributed by atoms with Crippen molar-refractivity contribution in [3.8, 4) is 0 Å². The number of carbonyl (C=O) groups is 1. The van der Waals surface area contributed by atoms with Crippen molar-refractivity contribution in [2.75, 3.05) is 20.1 Å². The summed E-state index contributed by atoms with van der Waals surface area (Å²) < 4.78 is 6.57. The van der Waals surface area contributed by atoms with E-state index in [-0.39, 0.29) is 6.09 Å². The van der Waals surface area contributed by atoms with Gasteiger partial charge < -0.3 is 15.0 Å². The average molecular weight is 418 g/mol. The van der Waals surface area contributed by atoms with Crippen molar-refractivity contribution in [3.63, 3.8) is 0 Å². The molecule has 1 atom stereocenters. The van der Waals surface area contributed by atoms with Gasteiger partial charge in [0.1, 0.15) is 5.60 Å². The predicted molar refractivity (Wildman–Crippen MR) is 99.1 cm³/mol. The summed E-state index contributed by atoms with van der Waals surface area (Å²) in [5.74, 6) is 0. The zero-order chi connectivity index (χ0) is 16.8. The minimum absolute atomic E-state index is 0.266. The van der Waals surface area contributed by atoms with Crippen LogP contribution < -0.4 is 5.32 Å². The summed E-state index contributed by atoms with van der Waals surface area (Å²) in [5, 5.41) is 3.48. The molecule has 1 amide bonds. The highest BCUT2D eigenvalue weighted by Crippen LogP contribution is 2.14. The zero-order valence-corrected chi connectivity index (χ0v) is 16.3. The number of nitrogens with one attached hydrogen (secondary N) is 1. The molecule has 5 heteroatoms. The van der Waals surface area contributed by atoms with Crippen molar-refractivity contribution >= 4 is 28.7 Å². The summed E-state index contributed by atoms with van der Waals surface area (Å²) in [6, 6.07) is 8.83. The molecule has 0 aromatic heterocycles. The molecule has 1 rings (SSSR count). The molecular weight excluding hydrogens is 391 g/mol. The van der Waals surface area contributed by atoms with Crippen LogP contribution in [0.3, 0.4) is 0 Å². The Morgan fingerprint density at radius 3 is 2.45 bits per heavy atom. The number of carbonyl (C=O) groups excluding carboxylic acids is 1. The molecule has 0 bridgehead atoms. The highest BCUT2D eigenvalue weighted by atomic mass is 127. The largest absolute Gasteiger partial charge is 0.444 e. The molecule has 1 aromatic rings. The summed E-state index contributed by atoms with van der Waals surface area (Å²) in [5.41, 5.74) is 0.837. The van der Waals surface area contributed by atoms with Crippen LogP contribution in [0.1, 0.15) is 45.7 Å². The Morgan fingerprint density at radius 2 is 1.91 bits per heavy atom. The number of nitrogens with zero attached hydrogens (tertiary/aromatic N) is 1. The number of amides is 1. The maximum Gasteiger partial charge on any atom is 0.410 e. The molecule has 0 fully saturated rings. The van der Waals surface area contributed by atoms with Gasteiger partial charge in [-0.1, -0.05) is 12.1 Å². The Kier molecular flexibility index (Phi) is 7.62. The Labute approximate surface area is 147 Å². The number of hydrogen-bond acceptors (Lipinski definition) is 3. The molecule has 0 heterocycles. The lowest BCUT2D eigenvalue weighted by Crippen LogP contribution is -2.35. The van der Waals surface area contributed by atoms with Gasteiger partial charge in [-0.3, -0.25) is 0 Å². The Morgan fingerprint density at radius 1 is 1.32 bits per heavy atom. The second-order valence-corrected chi connectivity index (χ2v) is 7.73. The maximum absolute atomic E-state index is 11.8. The van der Waals surface area contributed by atoms with E-state index in [1.807, 2.05) is 20.8 Å². The quantitative estimate of drug-likeness (QED) is 0.556. The van der Waals surface area contributed by atoms with Gasteiger partial charge in [-0.2, -0.15) is 0 Å². The molecular formula is C17H27IN2O2. The molecule has 1 unspecified atom stereocenters. The molecule has 0 aliphatic heterocycles. The number of halogens is 1. The Bertz CT molecular complexity index is 469. The molecule has 0 aliphatic carbocycles. The molecule has 0 radical (unpaired) electrons. The van der Waals surface area contributed by atoms with Crippen LogP contribution >= 0.6 is 22.6 Å². The third kappa shape index (κ3) is 7.45. The minimum Gasteiger partial charge on any atom is -0.444 e. The molecule has 22 heavy (non-hydrogen) atoms. The van der Waals surface area contributed by atoms with Gasteiger partial charge in [-0.15, -0.1) is 0 Å². The average Bonchev–Trinajstić information content (AvgIpc) is 2.42. The van der Waals surface area contributed by atoms with Gasteiger partial charge in [0.05, 0.1) is 0 Å². The maximum atomic E-state index is 11.8. The van der Waals surface area contributed by atoms with E-state index in [1.165, 1.54) is 9.13 Å². The van der Waals surface area contributed by atoms with Gasteiger partial charge in [0.25, 0.3) is 0 Å². The number of ether oxygens (including phenoxy) is 1. The van der Waals surface area contributed by atoms with Crippen LogP contribution in [0.25, 0.3) is 0 Å². The molecule has 0 spiro atoms. The molecule has 124 valence electrons. The lowest BCUT2D eigenvalue weighted by atomic mass is 10.1. The van der Waals surface area contributed by atoms with E-state index in [2.05, 4.69) is 59.1 Å². The molecule has 0 saturated carbocycles. The van der Waals surface area contributed by atoms with E-state index in [0.29, 0.717) is 12.6 Å². The lowest BCUT2D eigenvalue weighted by Gasteiger charge is -2.24. The molecule has 4 nitrogen and oxygen atoms in total. The fraction of sp³-hybridized carbons (Fsp3) is 0.588. The first-order valence-electron chi connectivity index (χ1n) is 7.62. The summed E-state index contributed by atoms with van der Waals surface area (Å²) in [6.07, 6.45) is 0.628. The fourth-order valence-corrected chi connectivity index (χ4v) is 2.29. The van der Waals surface area contributed by atoms with E-state index in [0.717, 1.165) is 13.0 Å². The normalized spacial score (nSPS) is 12.8. The topological polar surface area (TPSA) is 41.6 Å². The van der Waals surface area contributed by atoms with Crippen molar-refractivity contribution in [1.82, 2.24) is 10.2 Å². The van der Waals surface area contributed by atoms with Crippen molar-refractivity contribution in [3.05, 3.63) is 33.4 Å². The third-order valence-electron chi connectivity index (χ3n) is 3.20. The Balaban J connectivity index is 2.27. The molecule has 1 aromatic carbocycles.